The van der Waals surface area contributed by atoms with Gasteiger partial charge in [0.15, 0.2) is 0 Å². The Kier molecular flexibility index (Phi) is 4.98. The number of nitrogens with one attached hydrogen (secondary N) is 1. The van der Waals surface area contributed by atoms with Crippen LogP contribution in [0.15, 0.2) is 42.6 Å². The van der Waals surface area contributed by atoms with Crippen molar-refractivity contribution in [2.75, 3.05) is 38.6 Å². The van der Waals surface area contributed by atoms with E-state index in [1.165, 1.54) is 5.56 Å². The van der Waals surface area contributed by atoms with Crippen LogP contribution in [0.5, 0.6) is 0 Å². The van der Waals surface area contributed by atoms with Crippen LogP contribution in [-0.4, -0.2) is 54.3 Å². The Balaban J connectivity index is 1.57. The number of anilines is 1. The molecule has 1 aliphatic rings. The van der Waals surface area contributed by atoms with Gasteiger partial charge in [0, 0.05) is 32.3 Å². The average molecular weight is 298 g/mol. The Hall–Kier alpha value is -1.98. The van der Waals surface area contributed by atoms with Crippen molar-refractivity contribution in [2.45, 2.75) is 12.5 Å². The van der Waals surface area contributed by atoms with E-state index >= 15 is 0 Å². The molecule has 5 heteroatoms. The molecule has 116 valence electrons. The van der Waals surface area contributed by atoms with Crippen LogP contribution in [-0.2, 0) is 11.2 Å². The molecule has 3 rings (SSSR count). The first-order valence-electron chi connectivity index (χ1n) is 7.69. The van der Waals surface area contributed by atoms with Crippen LogP contribution in [0.2, 0.25) is 0 Å². The molecule has 2 heterocycles. The summed E-state index contributed by atoms with van der Waals surface area (Å²) < 4.78 is 5.75. The number of ether oxygens (including phenoxy) is 1. The van der Waals surface area contributed by atoms with Crippen LogP contribution in [0.3, 0.4) is 0 Å². The van der Waals surface area contributed by atoms with Gasteiger partial charge in [-0.2, -0.15) is 0 Å². The molecule has 1 aromatic carbocycles. The van der Waals surface area contributed by atoms with Gasteiger partial charge in [0.1, 0.15) is 11.6 Å². The Bertz CT molecular complexity index is 590. The van der Waals surface area contributed by atoms with E-state index in [4.69, 9.17) is 4.74 Å². The number of morpholine rings is 1. The van der Waals surface area contributed by atoms with Crippen LogP contribution < -0.4 is 5.32 Å². The largest absolute Gasteiger partial charge is 0.374 e. The molecule has 0 bridgehead atoms. The van der Waals surface area contributed by atoms with Gasteiger partial charge in [0.25, 0.3) is 0 Å². The normalized spacial score (nSPS) is 19.0. The average Bonchev–Trinajstić information content (AvgIpc) is 2.54. The number of aromatic nitrogens is 2. The highest BCUT2D eigenvalue weighted by molar-refractivity contribution is 5.34. The fourth-order valence-electron chi connectivity index (χ4n) is 2.57. The Labute approximate surface area is 131 Å². The highest BCUT2D eigenvalue weighted by Crippen LogP contribution is 2.09. The molecule has 1 fully saturated rings. The minimum atomic E-state index is 0.214. The van der Waals surface area contributed by atoms with E-state index in [1.54, 1.807) is 0 Å². The van der Waals surface area contributed by atoms with Gasteiger partial charge in [-0.1, -0.05) is 30.3 Å². The molecule has 5 nitrogen and oxygen atoms in total. The minimum Gasteiger partial charge on any atom is -0.374 e. The van der Waals surface area contributed by atoms with Crippen LogP contribution in [0, 0.1) is 0 Å². The number of hydrogen-bond donors (Lipinski definition) is 1. The van der Waals surface area contributed by atoms with Gasteiger partial charge in [0.05, 0.1) is 12.7 Å². The van der Waals surface area contributed by atoms with Gasteiger partial charge in [0.2, 0.25) is 0 Å². The van der Waals surface area contributed by atoms with Crippen LogP contribution in [0.25, 0.3) is 0 Å². The molecule has 2 aromatic rings. The first-order chi connectivity index (χ1) is 10.8. The van der Waals surface area contributed by atoms with Crippen molar-refractivity contribution in [1.82, 2.24) is 14.9 Å². The predicted molar refractivity (Wildman–Crippen MR) is 87.0 cm³/mol. The van der Waals surface area contributed by atoms with Crippen molar-refractivity contribution in [1.29, 1.82) is 0 Å². The summed E-state index contributed by atoms with van der Waals surface area (Å²) in [6.07, 6.45) is 2.77. The summed E-state index contributed by atoms with van der Waals surface area (Å²) in [5.41, 5.74) is 1.22. The molecule has 0 saturated carbocycles. The first kappa shape index (κ1) is 14.9. The van der Waals surface area contributed by atoms with Gasteiger partial charge in [-0.3, -0.25) is 0 Å². The summed E-state index contributed by atoms with van der Waals surface area (Å²) in [5.74, 6) is 1.69. The smallest absolute Gasteiger partial charge is 0.135 e. The van der Waals surface area contributed by atoms with Crippen molar-refractivity contribution in [3.05, 3.63) is 54.0 Å². The quantitative estimate of drug-likeness (QED) is 0.912. The molecule has 1 aromatic heterocycles. The molecule has 1 aliphatic heterocycles. The summed E-state index contributed by atoms with van der Waals surface area (Å²) in [4.78, 5) is 11.2. The Morgan fingerprint density at radius 3 is 2.95 bits per heavy atom. The second kappa shape index (κ2) is 7.33. The zero-order chi connectivity index (χ0) is 15.2. The predicted octanol–water partition coefficient (Wildman–Crippen LogP) is 1.81. The minimum absolute atomic E-state index is 0.214. The van der Waals surface area contributed by atoms with Crippen molar-refractivity contribution < 1.29 is 4.74 Å². The molecular formula is C17H22N4O. The van der Waals surface area contributed by atoms with E-state index in [0.29, 0.717) is 0 Å². The lowest BCUT2D eigenvalue weighted by Crippen LogP contribution is -2.43. The maximum atomic E-state index is 5.75. The lowest BCUT2D eigenvalue weighted by molar-refractivity contribution is -0.0117. The number of rotatable bonds is 5. The number of hydrogen-bond acceptors (Lipinski definition) is 5. The highest BCUT2D eigenvalue weighted by Gasteiger charge is 2.17. The first-order valence-corrected chi connectivity index (χ1v) is 7.69. The SMILES string of the molecule is CN1CCOC(CNc2ccnc(Cc3ccccc3)n2)C1. The lowest BCUT2D eigenvalue weighted by Gasteiger charge is -2.30. The van der Waals surface area contributed by atoms with Gasteiger partial charge in [-0.15, -0.1) is 0 Å². The van der Waals surface area contributed by atoms with E-state index in [0.717, 1.165) is 44.3 Å². The molecule has 1 N–H and O–H groups in total. The molecule has 0 aliphatic carbocycles. The van der Waals surface area contributed by atoms with Gasteiger partial charge in [-0.05, 0) is 18.7 Å². The molecule has 1 saturated heterocycles. The van der Waals surface area contributed by atoms with E-state index in [9.17, 15) is 0 Å². The van der Waals surface area contributed by atoms with Gasteiger partial charge < -0.3 is 15.0 Å². The number of nitrogens with zero attached hydrogens (tertiary/aromatic N) is 3. The second-order valence-corrected chi connectivity index (χ2v) is 5.66. The molecule has 22 heavy (non-hydrogen) atoms. The fraction of sp³-hybridized carbons (Fsp3) is 0.412. The van der Waals surface area contributed by atoms with Crippen molar-refractivity contribution in [3.63, 3.8) is 0 Å². The zero-order valence-corrected chi connectivity index (χ0v) is 12.9. The van der Waals surface area contributed by atoms with Crippen molar-refractivity contribution in [3.8, 4) is 0 Å². The maximum absolute atomic E-state index is 5.75. The van der Waals surface area contributed by atoms with Crippen LogP contribution in [0.4, 0.5) is 5.82 Å². The number of likely N-dealkylation sites (N-methyl/N-ethyl adjacent to an activating group) is 1. The van der Waals surface area contributed by atoms with Crippen molar-refractivity contribution >= 4 is 5.82 Å². The molecule has 0 radical (unpaired) electrons. The standard InChI is InChI=1S/C17H22N4O/c1-21-9-10-22-15(13-21)12-19-16-7-8-18-17(20-16)11-14-5-3-2-4-6-14/h2-8,15H,9-13H2,1H3,(H,18,19,20). The van der Waals surface area contributed by atoms with E-state index in [2.05, 4.69) is 39.4 Å². The highest BCUT2D eigenvalue weighted by atomic mass is 16.5. The third-order valence-corrected chi connectivity index (χ3v) is 3.76. The Morgan fingerprint density at radius 2 is 2.14 bits per heavy atom. The monoisotopic (exact) mass is 298 g/mol. The summed E-state index contributed by atoms with van der Waals surface area (Å²) in [6.45, 7) is 3.53. The topological polar surface area (TPSA) is 50.3 Å². The summed E-state index contributed by atoms with van der Waals surface area (Å²) in [6, 6.07) is 12.2. The lowest BCUT2D eigenvalue weighted by atomic mass is 10.1. The molecule has 0 spiro atoms. The summed E-state index contributed by atoms with van der Waals surface area (Å²) >= 11 is 0. The van der Waals surface area contributed by atoms with Crippen LogP contribution in [0.1, 0.15) is 11.4 Å². The fourth-order valence-corrected chi connectivity index (χ4v) is 2.57. The molecule has 1 unspecified atom stereocenters. The molecular weight excluding hydrogens is 276 g/mol. The Morgan fingerprint density at radius 1 is 1.27 bits per heavy atom. The third kappa shape index (κ3) is 4.26. The molecule has 1 atom stereocenters. The van der Waals surface area contributed by atoms with Crippen LogP contribution >= 0.6 is 0 Å². The van der Waals surface area contributed by atoms with E-state index in [-0.39, 0.29) is 6.10 Å². The van der Waals surface area contributed by atoms with E-state index in [1.807, 2.05) is 30.5 Å². The van der Waals surface area contributed by atoms with Gasteiger partial charge >= 0.3 is 0 Å². The maximum Gasteiger partial charge on any atom is 0.135 e. The number of benzene rings is 1. The second-order valence-electron chi connectivity index (χ2n) is 5.66. The van der Waals surface area contributed by atoms with Gasteiger partial charge in [-0.25, -0.2) is 9.97 Å². The third-order valence-electron chi connectivity index (χ3n) is 3.76. The summed E-state index contributed by atoms with van der Waals surface area (Å²) in [7, 11) is 2.12. The van der Waals surface area contributed by atoms with Crippen molar-refractivity contribution in [2.24, 2.45) is 0 Å². The zero-order valence-electron chi connectivity index (χ0n) is 12.9. The summed E-state index contributed by atoms with van der Waals surface area (Å²) in [5, 5.41) is 3.36. The van der Waals surface area contributed by atoms with E-state index < -0.39 is 0 Å². The molecule has 0 amide bonds.